The molecule has 1 rings (SSSR count). The molecular weight excluding hydrogens is 284 g/mol. The van der Waals surface area contributed by atoms with Gasteiger partial charge in [-0.15, -0.1) is 0 Å². The fraction of sp³-hybridized carbons (Fsp3) is 0.385. The SMILES string of the molecule is CC(C)(C)NC(=O)COc1cc(Cl)ccc1C(N)=S. The van der Waals surface area contributed by atoms with E-state index in [1.54, 1.807) is 18.2 Å². The van der Waals surface area contributed by atoms with Crippen molar-refractivity contribution in [3.63, 3.8) is 0 Å². The Kier molecular flexibility index (Phi) is 5.14. The van der Waals surface area contributed by atoms with Gasteiger partial charge >= 0.3 is 0 Å². The van der Waals surface area contributed by atoms with Gasteiger partial charge in [-0.05, 0) is 39.0 Å². The number of hydrogen-bond donors (Lipinski definition) is 2. The van der Waals surface area contributed by atoms with Crippen LogP contribution in [-0.4, -0.2) is 23.0 Å². The summed E-state index contributed by atoms with van der Waals surface area (Å²) in [5, 5.41) is 3.28. The monoisotopic (exact) mass is 300 g/mol. The van der Waals surface area contributed by atoms with Crippen molar-refractivity contribution in [2.75, 3.05) is 6.61 Å². The molecule has 0 aliphatic carbocycles. The zero-order chi connectivity index (χ0) is 14.6. The van der Waals surface area contributed by atoms with Gasteiger partial charge < -0.3 is 15.8 Å². The van der Waals surface area contributed by atoms with Crippen LogP contribution in [0.25, 0.3) is 0 Å². The third-order valence-electron chi connectivity index (χ3n) is 2.08. The molecule has 0 saturated carbocycles. The summed E-state index contributed by atoms with van der Waals surface area (Å²) in [5.74, 6) is 0.186. The lowest BCUT2D eigenvalue weighted by Crippen LogP contribution is -2.43. The number of thiocarbonyl (C=S) groups is 1. The van der Waals surface area contributed by atoms with Gasteiger partial charge in [0, 0.05) is 10.6 Å². The van der Waals surface area contributed by atoms with E-state index in [0.29, 0.717) is 16.3 Å². The molecule has 0 radical (unpaired) electrons. The van der Waals surface area contributed by atoms with Crippen LogP contribution in [0.2, 0.25) is 5.02 Å². The second kappa shape index (κ2) is 6.21. The highest BCUT2D eigenvalue weighted by molar-refractivity contribution is 7.80. The molecule has 19 heavy (non-hydrogen) atoms. The van der Waals surface area contributed by atoms with Gasteiger partial charge in [0.2, 0.25) is 0 Å². The molecule has 0 heterocycles. The van der Waals surface area contributed by atoms with Gasteiger partial charge in [0.1, 0.15) is 10.7 Å². The van der Waals surface area contributed by atoms with Gasteiger partial charge in [-0.2, -0.15) is 0 Å². The van der Waals surface area contributed by atoms with Crippen molar-refractivity contribution in [2.24, 2.45) is 5.73 Å². The van der Waals surface area contributed by atoms with Crippen LogP contribution in [0.4, 0.5) is 0 Å². The molecule has 6 heteroatoms. The molecule has 0 aliphatic heterocycles. The summed E-state index contributed by atoms with van der Waals surface area (Å²) >= 11 is 10.8. The van der Waals surface area contributed by atoms with Crippen molar-refractivity contribution in [1.82, 2.24) is 5.32 Å². The molecule has 1 aromatic carbocycles. The van der Waals surface area contributed by atoms with Gasteiger partial charge in [-0.3, -0.25) is 4.79 Å². The van der Waals surface area contributed by atoms with E-state index in [1.165, 1.54) is 0 Å². The largest absolute Gasteiger partial charge is 0.483 e. The number of hydrogen-bond acceptors (Lipinski definition) is 3. The van der Waals surface area contributed by atoms with E-state index in [9.17, 15) is 4.79 Å². The molecule has 0 spiro atoms. The third-order valence-corrected chi connectivity index (χ3v) is 2.54. The fourth-order valence-electron chi connectivity index (χ4n) is 1.42. The normalized spacial score (nSPS) is 10.9. The Morgan fingerprint density at radius 3 is 2.63 bits per heavy atom. The highest BCUT2D eigenvalue weighted by atomic mass is 35.5. The number of rotatable bonds is 4. The van der Waals surface area contributed by atoms with Crippen LogP contribution < -0.4 is 15.8 Å². The average molecular weight is 301 g/mol. The second-order valence-corrected chi connectivity index (χ2v) is 5.97. The van der Waals surface area contributed by atoms with E-state index in [4.69, 9.17) is 34.3 Å². The Balaban J connectivity index is 2.75. The van der Waals surface area contributed by atoms with Crippen LogP contribution in [0.15, 0.2) is 18.2 Å². The first-order valence-electron chi connectivity index (χ1n) is 5.72. The zero-order valence-corrected chi connectivity index (χ0v) is 12.7. The van der Waals surface area contributed by atoms with E-state index < -0.39 is 0 Å². The lowest BCUT2D eigenvalue weighted by Gasteiger charge is -2.20. The molecule has 0 saturated heterocycles. The van der Waals surface area contributed by atoms with E-state index in [1.807, 2.05) is 20.8 Å². The minimum Gasteiger partial charge on any atom is -0.483 e. The Hall–Kier alpha value is -1.33. The number of carbonyl (C=O) groups excluding carboxylic acids is 1. The van der Waals surface area contributed by atoms with Crippen LogP contribution in [0.5, 0.6) is 5.75 Å². The minimum atomic E-state index is -0.305. The maximum absolute atomic E-state index is 11.7. The highest BCUT2D eigenvalue weighted by Crippen LogP contribution is 2.23. The smallest absolute Gasteiger partial charge is 0.258 e. The number of carbonyl (C=O) groups is 1. The summed E-state index contributed by atoms with van der Waals surface area (Å²) in [6, 6.07) is 4.92. The first kappa shape index (κ1) is 15.7. The van der Waals surface area contributed by atoms with Crippen LogP contribution >= 0.6 is 23.8 Å². The summed E-state index contributed by atoms with van der Waals surface area (Å²) in [5.41, 5.74) is 5.83. The Bertz CT molecular complexity index is 498. The maximum Gasteiger partial charge on any atom is 0.258 e. The summed E-state index contributed by atoms with van der Waals surface area (Å²) in [7, 11) is 0. The number of nitrogens with one attached hydrogen (secondary N) is 1. The molecule has 1 amide bonds. The van der Waals surface area contributed by atoms with Gasteiger partial charge in [0.15, 0.2) is 6.61 Å². The van der Waals surface area contributed by atoms with Crippen molar-refractivity contribution in [2.45, 2.75) is 26.3 Å². The minimum absolute atomic E-state index is 0.118. The molecule has 0 aliphatic rings. The first-order valence-corrected chi connectivity index (χ1v) is 6.51. The van der Waals surface area contributed by atoms with Crippen molar-refractivity contribution in [1.29, 1.82) is 0 Å². The molecule has 0 atom stereocenters. The standard InChI is InChI=1S/C13H17ClN2O2S/c1-13(2,3)16-11(17)7-18-10-6-8(14)4-5-9(10)12(15)19/h4-6H,7H2,1-3H3,(H2,15,19)(H,16,17). The molecule has 0 fully saturated rings. The van der Waals surface area contributed by atoms with Crippen LogP contribution in [0.3, 0.4) is 0 Å². The van der Waals surface area contributed by atoms with Crippen molar-refractivity contribution < 1.29 is 9.53 Å². The van der Waals surface area contributed by atoms with Gasteiger partial charge in [0.05, 0.1) is 5.56 Å². The van der Waals surface area contributed by atoms with Crippen molar-refractivity contribution in [3.8, 4) is 5.75 Å². The topological polar surface area (TPSA) is 64.3 Å². The molecule has 4 nitrogen and oxygen atoms in total. The molecule has 0 aromatic heterocycles. The molecule has 0 bridgehead atoms. The second-order valence-electron chi connectivity index (χ2n) is 5.09. The number of nitrogens with two attached hydrogens (primary N) is 1. The van der Waals surface area contributed by atoms with Crippen LogP contribution in [0.1, 0.15) is 26.3 Å². The van der Waals surface area contributed by atoms with E-state index in [0.717, 1.165) is 0 Å². The Labute approximate surface area is 123 Å². The van der Waals surface area contributed by atoms with Crippen molar-refractivity contribution in [3.05, 3.63) is 28.8 Å². The molecular formula is C13H17ClN2O2S. The number of amides is 1. The molecule has 0 unspecified atom stereocenters. The Morgan fingerprint density at radius 1 is 1.47 bits per heavy atom. The number of ether oxygens (including phenoxy) is 1. The van der Waals surface area contributed by atoms with E-state index in [2.05, 4.69) is 5.32 Å². The fourth-order valence-corrected chi connectivity index (χ4v) is 1.75. The maximum atomic E-state index is 11.7. The third kappa shape index (κ3) is 5.44. The average Bonchev–Trinajstić information content (AvgIpc) is 2.23. The summed E-state index contributed by atoms with van der Waals surface area (Å²) in [4.78, 5) is 11.9. The van der Waals surface area contributed by atoms with Crippen molar-refractivity contribution >= 4 is 34.7 Å². The molecule has 104 valence electrons. The van der Waals surface area contributed by atoms with E-state index >= 15 is 0 Å². The van der Waals surface area contributed by atoms with Gasteiger partial charge in [-0.1, -0.05) is 23.8 Å². The summed E-state index contributed by atoms with van der Waals surface area (Å²) in [6.45, 7) is 5.56. The van der Waals surface area contributed by atoms with Crippen LogP contribution in [-0.2, 0) is 4.79 Å². The number of halogens is 1. The highest BCUT2D eigenvalue weighted by Gasteiger charge is 2.15. The predicted molar refractivity (Wildman–Crippen MR) is 80.7 cm³/mol. The quantitative estimate of drug-likeness (QED) is 0.837. The lowest BCUT2D eigenvalue weighted by atomic mass is 10.1. The molecule has 1 aromatic rings. The van der Waals surface area contributed by atoms with Crippen LogP contribution in [0, 0.1) is 0 Å². The van der Waals surface area contributed by atoms with E-state index in [-0.39, 0.29) is 23.0 Å². The zero-order valence-electron chi connectivity index (χ0n) is 11.1. The number of benzene rings is 1. The first-order chi connectivity index (χ1) is 8.69. The predicted octanol–water partition coefficient (Wildman–Crippen LogP) is 2.27. The summed E-state index contributed by atoms with van der Waals surface area (Å²) in [6.07, 6.45) is 0. The summed E-state index contributed by atoms with van der Waals surface area (Å²) < 4.78 is 5.42. The van der Waals surface area contributed by atoms with Gasteiger partial charge in [0.25, 0.3) is 5.91 Å². The Morgan fingerprint density at radius 2 is 2.11 bits per heavy atom. The lowest BCUT2D eigenvalue weighted by molar-refractivity contribution is -0.124. The van der Waals surface area contributed by atoms with Gasteiger partial charge in [-0.25, -0.2) is 0 Å². The molecule has 3 N–H and O–H groups in total.